The highest BCUT2D eigenvalue weighted by Gasteiger charge is 2.17. The van der Waals surface area contributed by atoms with E-state index in [0.29, 0.717) is 10.9 Å². The third-order valence-corrected chi connectivity index (χ3v) is 4.57. The van der Waals surface area contributed by atoms with Crippen LogP contribution in [-0.2, 0) is 10.2 Å². The monoisotopic (exact) mass is 399 g/mol. The van der Waals surface area contributed by atoms with Crippen molar-refractivity contribution in [3.63, 3.8) is 0 Å². The average molecular weight is 400 g/mol. The molecule has 0 fully saturated rings. The standard InChI is InChI=1S/C22H29N3O2S/c1-15(17-9-7-6-8-10-17)23-21(28)25-24-20(26)16(2)27-19-13-11-18(12-14-19)22(3,4)5/h6-16H,1-5H3,(H,24,26)(H2,23,25,28)/t15-,16-/m1/s1. The molecule has 0 radical (unpaired) electrons. The van der Waals surface area contributed by atoms with E-state index in [1.165, 1.54) is 5.56 Å². The zero-order valence-corrected chi connectivity index (χ0v) is 17.9. The fourth-order valence-electron chi connectivity index (χ4n) is 2.57. The first kappa shape index (κ1) is 21.7. The van der Waals surface area contributed by atoms with Crippen molar-refractivity contribution in [3.8, 4) is 5.75 Å². The fraction of sp³-hybridized carbons (Fsp3) is 0.364. The van der Waals surface area contributed by atoms with Crippen LogP contribution in [0.4, 0.5) is 0 Å². The van der Waals surface area contributed by atoms with E-state index in [2.05, 4.69) is 36.9 Å². The Morgan fingerprint density at radius 3 is 2.14 bits per heavy atom. The molecule has 6 heteroatoms. The predicted octanol–water partition coefficient (Wildman–Crippen LogP) is 4.01. The van der Waals surface area contributed by atoms with Crippen molar-refractivity contribution < 1.29 is 9.53 Å². The maximum Gasteiger partial charge on any atom is 0.279 e. The van der Waals surface area contributed by atoms with Gasteiger partial charge in [-0.1, -0.05) is 63.2 Å². The Kier molecular flexibility index (Phi) is 7.40. The van der Waals surface area contributed by atoms with E-state index in [9.17, 15) is 4.79 Å². The first-order valence-electron chi connectivity index (χ1n) is 9.35. The average Bonchev–Trinajstić information content (AvgIpc) is 2.66. The van der Waals surface area contributed by atoms with Gasteiger partial charge in [0, 0.05) is 0 Å². The van der Waals surface area contributed by atoms with Gasteiger partial charge in [-0.25, -0.2) is 0 Å². The summed E-state index contributed by atoms with van der Waals surface area (Å²) in [6.07, 6.45) is -0.665. The molecule has 0 aromatic heterocycles. The van der Waals surface area contributed by atoms with Crippen molar-refractivity contribution in [1.82, 2.24) is 16.2 Å². The smallest absolute Gasteiger partial charge is 0.279 e. The largest absolute Gasteiger partial charge is 0.481 e. The Balaban J connectivity index is 1.79. The molecule has 5 nitrogen and oxygen atoms in total. The Bertz CT molecular complexity index is 786. The van der Waals surface area contributed by atoms with E-state index in [4.69, 9.17) is 17.0 Å². The molecule has 150 valence electrons. The van der Waals surface area contributed by atoms with Gasteiger partial charge in [-0.2, -0.15) is 0 Å². The van der Waals surface area contributed by atoms with Gasteiger partial charge in [0.15, 0.2) is 11.2 Å². The molecule has 0 aliphatic carbocycles. The molecule has 28 heavy (non-hydrogen) atoms. The molecule has 3 N–H and O–H groups in total. The van der Waals surface area contributed by atoms with Crippen LogP contribution < -0.4 is 20.9 Å². The van der Waals surface area contributed by atoms with Gasteiger partial charge in [0.25, 0.3) is 5.91 Å². The molecule has 2 rings (SSSR count). The van der Waals surface area contributed by atoms with Gasteiger partial charge in [0.2, 0.25) is 0 Å². The summed E-state index contributed by atoms with van der Waals surface area (Å²) in [6, 6.07) is 17.7. The van der Waals surface area contributed by atoms with Crippen molar-refractivity contribution in [1.29, 1.82) is 0 Å². The molecule has 0 saturated heterocycles. The summed E-state index contributed by atoms with van der Waals surface area (Å²) < 4.78 is 5.71. The summed E-state index contributed by atoms with van der Waals surface area (Å²) in [6.45, 7) is 10.1. The molecule has 2 atom stereocenters. The van der Waals surface area contributed by atoms with E-state index < -0.39 is 6.10 Å². The summed E-state index contributed by atoms with van der Waals surface area (Å²) >= 11 is 5.24. The molecule has 0 saturated carbocycles. The quantitative estimate of drug-likeness (QED) is 0.524. The lowest BCUT2D eigenvalue weighted by atomic mass is 9.87. The number of rotatable bonds is 5. The van der Waals surface area contributed by atoms with E-state index in [-0.39, 0.29) is 17.4 Å². The van der Waals surface area contributed by atoms with Gasteiger partial charge in [0.1, 0.15) is 5.75 Å². The van der Waals surface area contributed by atoms with E-state index >= 15 is 0 Å². The molecular weight excluding hydrogens is 370 g/mol. The first-order valence-corrected chi connectivity index (χ1v) is 9.76. The van der Waals surface area contributed by atoms with Crippen LogP contribution in [0.1, 0.15) is 51.8 Å². The minimum absolute atomic E-state index is 0.0214. The predicted molar refractivity (Wildman–Crippen MR) is 117 cm³/mol. The summed E-state index contributed by atoms with van der Waals surface area (Å²) in [5, 5.41) is 3.46. The number of carbonyl (C=O) groups is 1. The lowest BCUT2D eigenvalue weighted by Gasteiger charge is -2.21. The van der Waals surface area contributed by atoms with Gasteiger partial charge < -0.3 is 10.1 Å². The minimum Gasteiger partial charge on any atom is -0.481 e. The summed E-state index contributed by atoms with van der Waals surface area (Å²) in [5.41, 5.74) is 7.69. The number of nitrogens with one attached hydrogen (secondary N) is 3. The first-order chi connectivity index (χ1) is 13.2. The maximum absolute atomic E-state index is 12.2. The summed E-state index contributed by atoms with van der Waals surface area (Å²) in [4.78, 5) is 12.2. The molecule has 0 bridgehead atoms. The van der Waals surface area contributed by atoms with Crippen molar-refractivity contribution >= 4 is 23.2 Å². The van der Waals surface area contributed by atoms with E-state index in [0.717, 1.165) is 5.56 Å². The second kappa shape index (κ2) is 9.55. The Morgan fingerprint density at radius 2 is 1.57 bits per heavy atom. The minimum atomic E-state index is -0.665. The lowest BCUT2D eigenvalue weighted by Crippen LogP contribution is -2.50. The van der Waals surface area contributed by atoms with Crippen LogP contribution in [0.5, 0.6) is 5.75 Å². The number of carbonyl (C=O) groups excluding carboxylic acids is 1. The molecule has 2 aromatic rings. The third-order valence-electron chi connectivity index (χ3n) is 4.35. The van der Waals surface area contributed by atoms with Crippen LogP contribution in [0.3, 0.4) is 0 Å². The Hall–Kier alpha value is -2.60. The van der Waals surface area contributed by atoms with Gasteiger partial charge in [0.05, 0.1) is 6.04 Å². The highest BCUT2D eigenvalue weighted by Crippen LogP contribution is 2.24. The second-order valence-electron chi connectivity index (χ2n) is 7.75. The van der Waals surface area contributed by atoms with Crippen molar-refractivity contribution in [2.24, 2.45) is 0 Å². The van der Waals surface area contributed by atoms with Crippen molar-refractivity contribution in [3.05, 3.63) is 65.7 Å². The molecule has 1 amide bonds. The number of ether oxygens (including phenoxy) is 1. The van der Waals surface area contributed by atoms with Crippen LogP contribution in [0.15, 0.2) is 54.6 Å². The number of amides is 1. The number of benzene rings is 2. The number of hydrazine groups is 1. The van der Waals surface area contributed by atoms with Crippen LogP contribution in [0.2, 0.25) is 0 Å². The normalized spacial score (nSPS) is 13.2. The Labute approximate surface area is 172 Å². The molecule has 0 spiro atoms. The topological polar surface area (TPSA) is 62.4 Å². The fourth-order valence-corrected chi connectivity index (χ4v) is 2.80. The maximum atomic E-state index is 12.2. The second-order valence-corrected chi connectivity index (χ2v) is 8.16. The highest BCUT2D eigenvalue weighted by atomic mass is 32.1. The molecule has 0 aliphatic rings. The van der Waals surface area contributed by atoms with Crippen LogP contribution in [0, 0.1) is 0 Å². The molecule has 0 heterocycles. The van der Waals surface area contributed by atoms with Crippen LogP contribution >= 0.6 is 12.2 Å². The third kappa shape index (κ3) is 6.53. The SMILES string of the molecule is C[C@@H](Oc1ccc(C(C)(C)C)cc1)C(=O)NNC(=S)N[C@H](C)c1ccccc1. The summed E-state index contributed by atoms with van der Waals surface area (Å²) in [5.74, 6) is 0.338. The van der Waals surface area contributed by atoms with Crippen molar-refractivity contribution in [2.75, 3.05) is 0 Å². The number of hydrogen-bond acceptors (Lipinski definition) is 3. The van der Waals surface area contributed by atoms with Crippen LogP contribution in [0.25, 0.3) is 0 Å². The van der Waals surface area contributed by atoms with E-state index in [1.807, 2.05) is 61.5 Å². The zero-order chi connectivity index (χ0) is 20.7. The van der Waals surface area contributed by atoms with Gasteiger partial charge >= 0.3 is 0 Å². The lowest BCUT2D eigenvalue weighted by molar-refractivity contribution is -0.127. The molecule has 0 unspecified atom stereocenters. The summed E-state index contributed by atoms with van der Waals surface area (Å²) in [7, 11) is 0. The van der Waals surface area contributed by atoms with Gasteiger partial charge in [-0.05, 0) is 54.7 Å². The van der Waals surface area contributed by atoms with Crippen molar-refractivity contribution in [2.45, 2.75) is 52.2 Å². The van der Waals surface area contributed by atoms with Gasteiger partial charge in [-0.15, -0.1) is 0 Å². The zero-order valence-electron chi connectivity index (χ0n) is 17.1. The van der Waals surface area contributed by atoms with Gasteiger partial charge in [-0.3, -0.25) is 15.6 Å². The van der Waals surface area contributed by atoms with E-state index in [1.54, 1.807) is 6.92 Å². The Morgan fingerprint density at radius 1 is 0.964 bits per heavy atom. The van der Waals surface area contributed by atoms with Crippen LogP contribution in [-0.4, -0.2) is 17.1 Å². The molecule has 0 aliphatic heterocycles. The number of thiocarbonyl (C=S) groups is 1. The number of hydrogen-bond donors (Lipinski definition) is 3. The molecular formula is C22H29N3O2S. The molecule has 2 aromatic carbocycles. The highest BCUT2D eigenvalue weighted by molar-refractivity contribution is 7.80.